The third-order valence-electron chi connectivity index (χ3n) is 4.77. The number of pyridine rings is 1. The minimum Gasteiger partial charge on any atom is -0.390 e. The first-order chi connectivity index (χ1) is 9.50. The number of aryl methyl sites for hydroxylation is 1. The standard InChI is InChI=1S/C15H21NO3S/c17-15(8-7-12-4-1-2-9-16-12)10-13-5-3-6-14(11-15)20(13,18)19/h1-2,4,9,13-14,17H,3,5-8,10-11H2. The largest absolute Gasteiger partial charge is 0.390 e. The van der Waals surface area contributed by atoms with Crippen LogP contribution in [0.3, 0.4) is 0 Å². The van der Waals surface area contributed by atoms with E-state index in [0.717, 1.165) is 12.1 Å². The van der Waals surface area contributed by atoms with E-state index in [-0.39, 0.29) is 10.5 Å². The van der Waals surface area contributed by atoms with Gasteiger partial charge in [0.05, 0.1) is 16.1 Å². The van der Waals surface area contributed by atoms with Crippen LogP contribution in [0.2, 0.25) is 0 Å². The monoisotopic (exact) mass is 295 g/mol. The molecule has 2 fully saturated rings. The normalized spacial score (nSPS) is 35.6. The molecule has 0 radical (unpaired) electrons. The summed E-state index contributed by atoms with van der Waals surface area (Å²) in [6.07, 6.45) is 6.26. The van der Waals surface area contributed by atoms with Gasteiger partial charge < -0.3 is 5.11 Å². The highest BCUT2D eigenvalue weighted by Crippen LogP contribution is 2.43. The molecule has 110 valence electrons. The second kappa shape index (κ2) is 5.11. The molecule has 0 saturated carbocycles. The van der Waals surface area contributed by atoms with Gasteiger partial charge in [0, 0.05) is 11.9 Å². The first kappa shape index (κ1) is 14.0. The second-order valence-corrected chi connectivity index (χ2v) is 8.73. The number of sulfone groups is 1. The van der Waals surface area contributed by atoms with Gasteiger partial charge in [-0.05, 0) is 50.7 Å². The minimum absolute atomic E-state index is 0.330. The van der Waals surface area contributed by atoms with Crippen molar-refractivity contribution in [3.05, 3.63) is 30.1 Å². The Morgan fingerprint density at radius 2 is 1.95 bits per heavy atom. The summed E-state index contributed by atoms with van der Waals surface area (Å²) in [5.74, 6) is 0. The van der Waals surface area contributed by atoms with Crippen LogP contribution in [0.25, 0.3) is 0 Å². The lowest BCUT2D eigenvalue weighted by atomic mass is 9.82. The molecule has 1 aromatic heterocycles. The summed E-state index contributed by atoms with van der Waals surface area (Å²) >= 11 is 0. The molecule has 2 bridgehead atoms. The lowest BCUT2D eigenvalue weighted by molar-refractivity contribution is 0.00175. The molecule has 4 nitrogen and oxygen atoms in total. The molecule has 5 heteroatoms. The third kappa shape index (κ3) is 2.61. The van der Waals surface area contributed by atoms with Crippen molar-refractivity contribution in [3.8, 4) is 0 Å². The molecule has 2 saturated heterocycles. The van der Waals surface area contributed by atoms with Crippen LogP contribution in [0.4, 0.5) is 0 Å². The molecule has 0 amide bonds. The van der Waals surface area contributed by atoms with Gasteiger partial charge >= 0.3 is 0 Å². The van der Waals surface area contributed by atoms with Gasteiger partial charge in [0.2, 0.25) is 0 Å². The van der Waals surface area contributed by atoms with E-state index in [1.165, 1.54) is 0 Å². The molecule has 3 heterocycles. The van der Waals surface area contributed by atoms with Gasteiger partial charge in [0.15, 0.2) is 9.84 Å². The molecular weight excluding hydrogens is 274 g/mol. The molecule has 1 aromatic rings. The van der Waals surface area contributed by atoms with Crippen LogP contribution < -0.4 is 0 Å². The van der Waals surface area contributed by atoms with Crippen LogP contribution in [0, 0.1) is 0 Å². The lowest BCUT2D eigenvalue weighted by Crippen LogP contribution is -2.51. The van der Waals surface area contributed by atoms with Crippen molar-refractivity contribution in [3.63, 3.8) is 0 Å². The Morgan fingerprint density at radius 1 is 1.25 bits per heavy atom. The van der Waals surface area contributed by atoms with E-state index >= 15 is 0 Å². The first-order valence-corrected chi connectivity index (χ1v) is 8.96. The van der Waals surface area contributed by atoms with Crippen molar-refractivity contribution >= 4 is 9.84 Å². The van der Waals surface area contributed by atoms with Gasteiger partial charge in [-0.25, -0.2) is 8.42 Å². The molecule has 2 unspecified atom stereocenters. The third-order valence-corrected chi connectivity index (χ3v) is 7.43. The number of aliphatic hydroxyl groups is 1. The highest BCUT2D eigenvalue weighted by molar-refractivity contribution is 7.92. The van der Waals surface area contributed by atoms with Crippen LogP contribution in [-0.2, 0) is 16.3 Å². The van der Waals surface area contributed by atoms with E-state index in [1.54, 1.807) is 6.20 Å². The quantitative estimate of drug-likeness (QED) is 0.924. The molecule has 0 spiro atoms. The zero-order valence-electron chi connectivity index (χ0n) is 11.5. The summed E-state index contributed by atoms with van der Waals surface area (Å²) < 4.78 is 24.5. The number of aromatic nitrogens is 1. The predicted molar refractivity (Wildman–Crippen MR) is 77.1 cm³/mol. The first-order valence-electron chi connectivity index (χ1n) is 7.35. The van der Waals surface area contributed by atoms with Crippen molar-refractivity contribution in [2.24, 2.45) is 0 Å². The topological polar surface area (TPSA) is 67.3 Å². The van der Waals surface area contributed by atoms with Gasteiger partial charge in [-0.2, -0.15) is 0 Å². The molecule has 2 atom stereocenters. The van der Waals surface area contributed by atoms with Crippen LogP contribution >= 0.6 is 0 Å². The van der Waals surface area contributed by atoms with E-state index in [2.05, 4.69) is 4.98 Å². The second-order valence-electron chi connectivity index (χ2n) is 6.22. The number of hydrogen-bond donors (Lipinski definition) is 1. The lowest BCUT2D eigenvalue weighted by Gasteiger charge is -2.43. The summed E-state index contributed by atoms with van der Waals surface area (Å²) in [7, 11) is -3.00. The number of hydrogen-bond acceptors (Lipinski definition) is 4. The van der Waals surface area contributed by atoms with Crippen molar-refractivity contribution in [2.75, 3.05) is 0 Å². The van der Waals surface area contributed by atoms with Crippen molar-refractivity contribution in [1.29, 1.82) is 0 Å². The summed E-state index contributed by atoms with van der Waals surface area (Å²) in [5.41, 5.74) is 0.123. The Bertz CT molecular complexity index is 550. The Kier molecular flexibility index (Phi) is 3.58. The number of rotatable bonds is 3. The fraction of sp³-hybridized carbons (Fsp3) is 0.667. The van der Waals surface area contributed by atoms with Gasteiger partial charge in [-0.3, -0.25) is 4.98 Å². The fourth-order valence-corrected chi connectivity index (χ4v) is 6.27. The average molecular weight is 295 g/mol. The van der Waals surface area contributed by atoms with Gasteiger partial charge in [-0.15, -0.1) is 0 Å². The van der Waals surface area contributed by atoms with Crippen LogP contribution in [0.1, 0.15) is 44.2 Å². The van der Waals surface area contributed by atoms with Gasteiger partial charge in [0.25, 0.3) is 0 Å². The Morgan fingerprint density at radius 3 is 2.55 bits per heavy atom. The van der Waals surface area contributed by atoms with Gasteiger partial charge in [-0.1, -0.05) is 12.5 Å². The van der Waals surface area contributed by atoms with Crippen molar-refractivity contribution in [2.45, 2.75) is 61.0 Å². The van der Waals surface area contributed by atoms with E-state index in [0.29, 0.717) is 38.5 Å². The maximum Gasteiger partial charge on any atom is 0.156 e. The van der Waals surface area contributed by atoms with Gasteiger partial charge in [0.1, 0.15) is 0 Å². The van der Waals surface area contributed by atoms with E-state index < -0.39 is 15.4 Å². The maximum absolute atomic E-state index is 12.2. The highest BCUT2D eigenvalue weighted by atomic mass is 32.2. The maximum atomic E-state index is 12.2. The Labute approximate surface area is 120 Å². The molecule has 0 aromatic carbocycles. The summed E-state index contributed by atoms with van der Waals surface area (Å²) in [6.45, 7) is 0. The van der Waals surface area contributed by atoms with E-state index in [1.807, 2.05) is 18.2 Å². The van der Waals surface area contributed by atoms with Crippen LogP contribution in [-0.4, -0.2) is 34.6 Å². The zero-order valence-corrected chi connectivity index (χ0v) is 12.3. The fourth-order valence-electron chi connectivity index (χ4n) is 3.65. The van der Waals surface area contributed by atoms with Crippen molar-refractivity contribution in [1.82, 2.24) is 4.98 Å². The predicted octanol–water partition coefficient (Wildman–Crippen LogP) is 1.88. The molecule has 3 rings (SSSR count). The van der Waals surface area contributed by atoms with Crippen LogP contribution in [0.5, 0.6) is 0 Å². The van der Waals surface area contributed by atoms with E-state index in [4.69, 9.17) is 0 Å². The number of nitrogens with zero attached hydrogens (tertiary/aromatic N) is 1. The Balaban J connectivity index is 1.71. The molecule has 2 aliphatic heterocycles. The summed E-state index contributed by atoms with van der Waals surface area (Å²) in [5, 5.41) is 10.1. The van der Waals surface area contributed by atoms with Crippen LogP contribution in [0.15, 0.2) is 24.4 Å². The highest BCUT2D eigenvalue weighted by Gasteiger charge is 2.49. The smallest absolute Gasteiger partial charge is 0.156 e. The summed E-state index contributed by atoms with van der Waals surface area (Å²) in [4.78, 5) is 4.27. The average Bonchev–Trinajstić information content (AvgIpc) is 2.40. The SMILES string of the molecule is O=S1(=O)C2CCCC1CC(O)(CCc1ccccn1)C2. The van der Waals surface area contributed by atoms with Crippen molar-refractivity contribution < 1.29 is 13.5 Å². The summed E-state index contributed by atoms with van der Waals surface area (Å²) in [6, 6.07) is 5.76. The Hall–Kier alpha value is -0.940. The molecular formula is C15H21NO3S. The van der Waals surface area contributed by atoms with E-state index in [9.17, 15) is 13.5 Å². The number of fused-ring (bicyclic) bond motifs is 2. The molecule has 20 heavy (non-hydrogen) atoms. The minimum atomic E-state index is -3.00. The zero-order chi connectivity index (χ0) is 14.2. The molecule has 2 aliphatic rings. The molecule has 0 aliphatic carbocycles. The molecule has 1 N–H and O–H groups in total.